The Kier molecular flexibility index (Phi) is 4.14. The minimum Gasteiger partial charge on any atom is -0.337 e. The lowest BCUT2D eigenvalue weighted by Gasteiger charge is -2.23. The summed E-state index contributed by atoms with van der Waals surface area (Å²) in [4.78, 5) is 13.8. The zero-order valence-electron chi connectivity index (χ0n) is 13.8. The molecule has 0 saturated carbocycles. The summed E-state index contributed by atoms with van der Waals surface area (Å²) in [5.74, 6) is 0.460. The van der Waals surface area contributed by atoms with E-state index in [-0.39, 0.29) is 23.2 Å². The van der Waals surface area contributed by atoms with Crippen molar-refractivity contribution in [1.29, 1.82) is 0 Å². The van der Waals surface area contributed by atoms with E-state index in [4.69, 9.17) is 0 Å². The van der Waals surface area contributed by atoms with E-state index in [1.165, 1.54) is 0 Å². The Labute approximate surface area is 140 Å². The van der Waals surface area contributed by atoms with Crippen molar-refractivity contribution in [2.75, 3.05) is 13.6 Å². The van der Waals surface area contributed by atoms with E-state index in [9.17, 15) is 13.2 Å². The van der Waals surface area contributed by atoms with Crippen LogP contribution in [0.1, 0.15) is 27.6 Å². The van der Waals surface area contributed by atoms with Crippen LogP contribution in [0.2, 0.25) is 0 Å². The van der Waals surface area contributed by atoms with Gasteiger partial charge in [-0.25, -0.2) is 13.1 Å². The number of sulfonamides is 1. The Hall–Kier alpha value is -2.26. The molecule has 0 spiro atoms. The first-order chi connectivity index (χ1) is 11.3. The second-order valence-electron chi connectivity index (χ2n) is 5.91. The van der Waals surface area contributed by atoms with Gasteiger partial charge in [0.1, 0.15) is 5.82 Å². The predicted molar refractivity (Wildman–Crippen MR) is 86.9 cm³/mol. The molecule has 3 rings (SSSR count). The highest BCUT2D eigenvalue weighted by molar-refractivity contribution is 7.89. The maximum Gasteiger partial charge on any atom is 0.291 e. The molecule has 0 aliphatic carbocycles. The van der Waals surface area contributed by atoms with Crippen LogP contribution < -0.4 is 4.72 Å². The average molecular weight is 349 g/mol. The molecule has 2 aromatic rings. The van der Waals surface area contributed by atoms with E-state index in [0.29, 0.717) is 24.5 Å². The number of aromatic nitrogens is 3. The average Bonchev–Trinajstić information content (AvgIpc) is 2.92. The van der Waals surface area contributed by atoms with Crippen molar-refractivity contribution in [1.82, 2.24) is 24.4 Å². The maximum atomic E-state index is 12.5. The summed E-state index contributed by atoms with van der Waals surface area (Å²) in [6, 6.07) is 5.17. The monoisotopic (exact) mass is 349 g/mol. The van der Waals surface area contributed by atoms with E-state index >= 15 is 0 Å². The van der Waals surface area contributed by atoms with Gasteiger partial charge in [-0.3, -0.25) is 4.79 Å². The fourth-order valence-corrected chi connectivity index (χ4v) is 3.92. The summed E-state index contributed by atoms with van der Waals surface area (Å²) >= 11 is 0. The first-order valence-corrected chi connectivity index (χ1v) is 9.02. The summed E-state index contributed by atoms with van der Waals surface area (Å²) in [6.07, 6.45) is 0. The third-order valence-corrected chi connectivity index (χ3v) is 5.63. The number of carbonyl (C=O) groups excluding carboxylic acids is 1. The zero-order valence-corrected chi connectivity index (χ0v) is 14.6. The van der Waals surface area contributed by atoms with Crippen molar-refractivity contribution < 1.29 is 13.2 Å². The van der Waals surface area contributed by atoms with Crippen LogP contribution in [0, 0.1) is 13.8 Å². The van der Waals surface area contributed by atoms with Gasteiger partial charge in [-0.15, -0.1) is 10.2 Å². The van der Waals surface area contributed by atoms with Crippen LogP contribution in [-0.4, -0.2) is 47.6 Å². The van der Waals surface area contributed by atoms with E-state index in [1.807, 2.05) is 13.0 Å². The van der Waals surface area contributed by atoms with E-state index in [1.54, 1.807) is 35.6 Å². The highest BCUT2D eigenvalue weighted by Crippen LogP contribution is 2.17. The highest BCUT2D eigenvalue weighted by Gasteiger charge is 2.27. The molecule has 1 aliphatic rings. The molecular weight excluding hydrogens is 330 g/mol. The molecule has 2 heterocycles. The molecule has 24 heavy (non-hydrogen) atoms. The standard InChI is InChI=1S/C15H19N5O3S/c1-10-4-5-12(11(2)8-10)24(22,23)16-9-13-17-18-14-15(21)19(3)6-7-20(13)14/h4-5,8,16H,6-7,9H2,1-3H3. The van der Waals surface area contributed by atoms with Crippen LogP contribution in [0.15, 0.2) is 23.1 Å². The van der Waals surface area contributed by atoms with E-state index < -0.39 is 10.0 Å². The van der Waals surface area contributed by atoms with E-state index in [0.717, 1.165) is 5.56 Å². The van der Waals surface area contributed by atoms with Crippen LogP contribution >= 0.6 is 0 Å². The Bertz CT molecular complexity index is 904. The molecule has 1 amide bonds. The number of hydrogen-bond acceptors (Lipinski definition) is 5. The van der Waals surface area contributed by atoms with Gasteiger partial charge in [0.2, 0.25) is 15.8 Å². The van der Waals surface area contributed by atoms with Gasteiger partial charge in [0.25, 0.3) is 5.91 Å². The zero-order chi connectivity index (χ0) is 17.5. The van der Waals surface area contributed by atoms with Gasteiger partial charge in [-0.1, -0.05) is 17.7 Å². The molecule has 0 saturated heterocycles. The fraction of sp³-hybridized carbons (Fsp3) is 0.400. The Morgan fingerprint density at radius 3 is 2.67 bits per heavy atom. The van der Waals surface area contributed by atoms with Crippen LogP contribution in [0.3, 0.4) is 0 Å². The highest BCUT2D eigenvalue weighted by atomic mass is 32.2. The summed E-state index contributed by atoms with van der Waals surface area (Å²) in [7, 11) is -1.96. The fourth-order valence-electron chi connectivity index (χ4n) is 2.72. The minimum absolute atomic E-state index is 0.0142. The lowest BCUT2D eigenvalue weighted by Crippen LogP contribution is -2.38. The molecule has 1 N–H and O–H groups in total. The number of carbonyl (C=O) groups is 1. The lowest BCUT2D eigenvalue weighted by molar-refractivity contribution is 0.0740. The second kappa shape index (κ2) is 5.99. The smallest absolute Gasteiger partial charge is 0.291 e. The Morgan fingerprint density at radius 2 is 1.96 bits per heavy atom. The molecule has 1 aromatic heterocycles. The summed E-state index contributed by atoms with van der Waals surface area (Å²) in [5.41, 5.74) is 1.68. The molecule has 1 aliphatic heterocycles. The molecule has 9 heteroatoms. The molecule has 0 atom stereocenters. The number of aryl methyl sites for hydroxylation is 2. The van der Waals surface area contributed by atoms with Gasteiger partial charge in [-0.2, -0.15) is 0 Å². The number of likely N-dealkylation sites (N-methyl/N-ethyl adjacent to an activating group) is 1. The van der Waals surface area contributed by atoms with Crippen molar-refractivity contribution >= 4 is 15.9 Å². The van der Waals surface area contributed by atoms with Gasteiger partial charge in [-0.05, 0) is 25.5 Å². The first kappa shape index (κ1) is 16.6. The minimum atomic E-state index is -3.66. The Balaban J connectivity index is 1.81. The molecule has 0 unspecified atom stereocenters. The van der Waals surface area contributed by atoms with Gasteiger partial charge in [0.15, 0.2) is 0 Å². The second-order valence-corrected chi connectivity index (χ2v) is 7.65. The van der Waals surface area contributed by atoms with Crippen LogP contribution in [0.4, 0.5) is 0 Å². The van der Waals surface area contributed by atoms with Crippen molar-refractivity contribution in [2.45, 2.75) is 31.8 Å². The number of benzene rings is 1. The van der Waals surface area contributed by atoms with Gasteiger partial charge in [0.05, 0.1) is 11.4 Å². The molecule has 128 valence electrons. The molecule has 0 bridgehead atoms. The predicted octanol–water partition coefficient (Wildman–Crippen LogP) is 0.459. The normalized spacial score (nSPS) is 14.8. The summed E-state index contributed by atoms with van der Waals surface area (Å²) < 4.78 is 29.2. The van der Waals surface area contributed by atoms with Gasteiger partial charge >= 0.3 is 0 Å². The largest absolute Gasteiger partial charge is 0.337 e. The first-order valence-electron chi connectivity index (χ1n) is 7.54. The third kappa shape index (κ3) is 2.92. The van der Waals surface area contributed by atoms with Crippen molar-refractivity contribution in [3.63, 3.8) is 0 Å². The number of fused-ring (bicyclic) bond motifs is 1. The molecule has 8 nitrogen and oxygen atoms in total. The van der Waals surface area contributed by atoms with Crippen molar-refractivity contribution in [3.8, 4) is 0 Å². The van der Waals surface area contributed by atoms with Crippen LogP contribution in [0.25, 0.3) is 0 Å². The van der Waals surface area contributed by atoms with Crippen LogP contribution in [-0.2, 0) is 23.1 Å². The topological polar surface area (TPSA) is 97.2 Å². The number of hydrogen-bond donors (Lipinski definition) is 1. The number of rotatable bonds is 4. The quantitative estimate of drug-likeness (QED) is 0.865. The Morgan fingerprint density at radius 1 is 1.21 bits per heavy atom. The number of amides is 1. The number of nitrogens with one attached hydrogen (secondary N) is 1. The van der Waals surface area contributed by atoms with Crippen molar-refractivity contribution in [3.05, 3.63) is 41.0 Å². The SMILES string of the molecule is Cc1ccc(S(=O)(=O)NCc2nnc3n2CCN(C)C3=O)c(C)c1. The van der Waals surface area contributed by atoms with Gasteiger partial charge in [0, 0.05) is 20.1 Å². The summed E-state index contributed by atoms with van der Waals surface area (Å²) in [5, 5.41) is 7.83. The molecule has 0 radical (unpaired) electrons. The van der Waals surface area contributed by atoms with Gasteiger partial charge < -0.3 is 9.47 Å². The molecule has 0 fully saturated rings. The molecule has 1 aromatic carbocycles. The van der Waals surface area contributed by atoms with E-state index in [2.05, 4.69) is 14.9 Å². The maximum absolute atomic E-state index is 12.5. The molecular formula is C15H19N5O3S. The summed E-state index contributed by atoms with van der Waals surface area (Å²) in [6.45, 7) is 4.74. The third-order valence-electron chi connectivity index (χ3n) is 4.06. The lowest BCUT2D eigenvalue weighted by atomic mass is 10.2. The van der Waals surface area contributed by atoms with Crippen LogP contribution in [0.5, 0.6) is 0 Å². The van der Waals surface area contributed by atoms with Crippen molar-refractivity contribution in [2.24, 2.45) is 0 Å². The number of nitrogens with zero attached hydrogens (tertiary/aromatic N) is 4.